The van der Waals surface area contributed by atoms with Crippen molar-refractivity contribution in [1.82, 2.24) is 5.32 Å². The molecule has 1 amide bonds. The summed E-state index contributed by atoms with van der Waals surface area (Å²) in [7, 11) is 0. The summed E-state index contributed by atoms with van der Waals surface area (Å²) in [4.78, 5) is 35.5. The second-order valence-electron chi connectivity index (χ2n) is 6.53. The lowest BCUT2D eigenvalue weighted by Gasteiger charge is -2.25. The number of hydrogen-bond acceptors (Lipinski definition) is 6. The molecule has 0 aromatic heterocycles. The van der Waals surface area contributed by atoms with Crippen molar-refractivity contribution in [1.29, 1.82) is 0 Å². The highest BCUT2D eigenvalue weighted by molar-refractivity contribution is 5.82. The third-order valence-corrected chi connectivity index (χ3v) is 2.97. The van der Waals surface area contributed by atoms with Gasteiger partial charge < -0.3 is 19.5 Å². The van der Waals surface area contributed by atoms with Crippen molar-refractivity contribution in [2.75, 3.05) is 0 Å². The van der Waals surface area contributed by atoms with Crippen LogP contribution in [0.25, 0.3) is 0 Å². The number of amides is 1. The lowest BCUT2D eigenvalue weighted by molar-refractivity contribution is -0.157. The molecule has 0 fully saturated rings. The number of carbonyl (C=O) groups excluding carboxylic acids is 3. The highest BCUT2D eigenvalue weighted by Gasteiger charge is 2.32. The smallest absolute Gasteiger partial charge is 0.408 e. The number of alkyl carbamates (subject to hydrolysis) is 1. The van der Waals surface area contributed by atoms with Crippen molar-refractivity contribution < 1.29 is 28.6 Å². The van der Waals surface area contributed by atoms with E-state index >= 15 is 0 Å². The number of ether oxygens (including phenoxy) is 3. The van der Waals surface area contributed by atoms with E-state index in [0.717, 1.165) is 5.56 Å². The SMILES string of the molecule is CC(=O)OC(C)C(NC(=O)OC(C)(C)C)C(=O)OCc1ccccc1. The maximum absolute atomic E-state index is 12.4. The Balaban J connectivity index is 2.76. The lowest BCUT2D eigenvalue weighted by Crippen LogP contribution is -2.51. The standard InChI is InChI=1S/C18H25NO6/c1-12(24-13(2)20)15(19-17(22)25-18(3,4)5)16(21)23-11-14-9-7-6-8-10-14/h6-10,12,15H,11H2,1-5H3,(H,19,22). The molecule has 7 heteroatoms. The first kappa shape index (κ1) is 20.5. The van der Waals surface area contributed by atoms with Gasteiger partial charge in [-0.3, -0.25) is 4.79 Å². The third-order valence-electron chi connectivity index (χ3n) is 2.97. The molecule has 0 heterocycles. The van der Waals surface area contributed by atoms with Crippen molar-refractivity contribution in [3.63, 3.8) is 0 Å². The van der Waals surface area contributed by atoms with E-state index in [9.17, 15) is 14.4 Å². The van der Waals surface area contributed by atoms with E-state index in [0.29, 0.717) is 0 Å². The average Bonchev–Trinajstić information content (AvgIpc) is 2.48. The predicted molar refractivity (Wildman–Crippen MR) is 90.6 cm³/mol. The van der Waals surface area contributed by atoms with Gasteiger partial charge in [-0.2, -0.15) is 0 Å². The van der Waals surface area contributed by atoms with Crippen LogP contribution in [0.4, 0.5) is 4.79 Å². The minimum absolute atomic E-state index is 0.0406. The zero-order valence-electron chi connectivity index (χ0n) is 15.2. The maximum atomic E-state index is 12.4. The van der Waals surface area contributed by atoms with Gasteiger partial charge in [-0.05, 0) is 33.3 Å². The summed E-state index contributed by atoms with van der Waals surface area (Å²) in [5.74, 6) is -1.29. The van der Waals surface area contributed by atoms with Gasteiger partial charge in [-0.1, -0.05) is 30.3 Å². The monoisotopic (exact) mass is 351 g/mol. The highest BCUT2D eigenvalue weighted by atomic mass is 16.6. The van der Waals surface area contributed by atoms with Gasteiger partial charge in [0.05, 0.1) is 0 Å². The molecular weight excluding hydrogens is 326 g/mol. The summed E-state index contributed by atoms with van der Waals surface area (Å²) in [6.45, 7) is 7.85. The third kappa shape index (κ3) is 8.19. The summed E-state index contributed by atoms with van der Waals surface area (Å²) in [5, 5.41) is 2.40. The van der Waals surface area contributed by atoms with Gasteiger partial charge in [0.1, 0.15) is 18.3 Å². The van der Waals surface area contributed by atoms with E-state index in [-0.39, 0.29) is 6.61 Å². The van der Waals surface area contributed by atoms with Crippen molar-refractivity contribution >= 4 is 18.0 Å². The number of carbonyl (C=O) groups is 3. The van der Waals surface area contributed by atoms with Crippen LogP contribution in [0.15, 0.2) is 30.3 Å². The first-order valence-corrected chi connectivity index (χ1v) is 7.96. The first-order valence-electron chi connectivity index (χ1n) is 7.96. The summed E-state index contributed by atoms with van der Waals surface area (Å²) in [6.07, 6.45) is -1.71. The fraction of sp³-hybridized carbons (Fsp3) is 0.500. The van der Waals surface area contributed by atoms with Crippen LogP contribution < -0.4 is 5.32 Å². The normalized spacial score (nSPS) is 13.3. The van der Waals surface area contributed by atoms with Gasteiger partial charge in [-0.15, -0.1) is 0 Å². The second kappa shape index (κ2) is 9.05. The topological polar surface area (TPSA) is 90.9 Å². The van der Waals surface area contributed by atoms with Crippen molar-refractivity contribution in [3.8, 4) is 0 Å². The minimum atomic E-state index is -1.18. The molecule has 0 spiro atoms. The Morgan fingerprint density at radius 1 is 1.12 bits per heavy atom. The van der Waals surface area contributed by atoms with E-state index in [2.05, 4.69) is 5.32 Å². The molecule has 0 aliphatic carbocycles. The second-order valence-corrected chi connectivity index (χ2v) is 6.53. The van der Waals surface area contributed by atoms with Crippen LogP contribution in [0, 0.1) is 0 Å². The van der Waals surface area contributed by atoms with E-state index in [4.69, 9.17) is 14.2 Å². The molecule has 25 heavy (non-hydrogen) atoms. The Hall–Kier alpha value is -2.57. The van der Waals surface area contributed by atoms with Gasteiger partial charge in [0.2, 0.25) is 0 Å². The molecule has 1 aromatic rings. The Morgan fingerprint density at radius 3 is 2.24 bits per heavy atom. The number of benzene rings is 1. The van der Waals surface area contributed by atoms with E-state index in [1.54, 1.807) is 32.9 Å². The van der Waals surface area contributed by atoms with Gasteiger partial charge in [-0.25, -0.2) is 9.59 Å². The molecular formula is C18H25NO6. The van der Waals surface area contributed by atoms with Crippen LogP contribution in [0.1, 0.15) is 40.2 Å². The van der Waals surface area contributed by atoms with Crippen molar-refractivity contribution in [2.45, 2.75) is 59.0 Å². The summed E-state index contributed by atoms with van der Waals surface area (Å²) in [6, 6.07) is 7.92. The molecule has 0 aliphatic rings. The van der Waals surface area contributed by atoms with Gasteiger partial charge >= 0.3 is 18.0 Å². The van der Waals surface area contributed by atoms with E-state index in [1.165, 1.54) is 13.8 Å². The summed E-state index contributed by atoms with van der Waals surface area (Å²) < 4.78 is 15.4. The highest BCUT2D eigenvalue weighted by Crippen LogP contribution is 2.10. The Bertz CT molecular complexity index is 593. The fourth-order valence-corrected chi connectivity index (χ4v) is 1.95. The largest absolute Gasteiger partial charge is 0.460 e. The van der Waals surface area contributed by atoms with Crippen LogP contribution in [0.5, 0.6) is 0 Å². The molecule has 2 atom stereocenters. The summed E-state index contributed by atoms with van der Waals surface area (Å²) in [5.41, 5.74) is 0.0692. The predicted octanol–water partition coefficient (Wildman–Crippen LogP) is 2.57. The molecule has 1 aromatic carbocycles. The Kier molecular flexibility index (Phi) is 7.42. The molecule has 0 aliphatic heterocycles. The minimum Gasteiger partial charge on any atom is -0.460 e. The molecule has 0 saturated heterocycles. The molecule has 7 nitrogen and oxygen atoms in total. The zero-order valence-corrected chi connectivity index (χ0v) is 15.2. The van der Waals surface area contributed by atoms with E-state index < -0.39 is 35.8 Å². The fourth-order valence-electron chi connectivity index (χ4n) is 1.95. The van der Waals surface area contributed by atoms with Crippen LogP contribution in [-0.4, -0.2) is 35.8 Å². The molecule has 138 valence electrons. The number of rotatable bonds is 6. The maximum Gasteiger partial charge on any atom is 0.408 e. The lowest BCUT2D eigenvalue weighted by atomic mass is 10.1. The number of hydrogen-bond donors (Lipinski definition) is 1. The Labute approximate surface area is 147 Å². The van der Waals surface area contributed by atoms with Crippen LogP contribution in [0.2, 0.25) is 0 Å². The zero-order chi connectivity index (χ0) is 19.0. The molecule has 1 rings (SSSR count). The van der Waals surface area contributed by atoms with Gasteiger partial charge in [0.25, 0.3) is 0 Å². The number of esters is 2. The molecule has 0 bridgehead atoms. The number of nitrogens with one attached hydrogen (secondary N) is 1. The molecule has 0 radical (unpaired) electrons. The quantitative estimate of drug-likeness (QED) is 0.626. The van der Waals surface area contributed by atoms with Crippen LogP contribution in [0.3, 0.4) is 0 Å². The summed E-state index contributed by atoms with van der Waals surface area (Å²) >= 11 is 0. The van der Waals surface area contributed by atoms with E-state index in [1.807, 2.05) is 18.2 Å². The van der Waals surface area contributed by atoms with Gasteiger partial charge in [0.15, 0.2) is 6.04 Å². The molecule has 2 unspecified atom stereocenters. The molecule has 1 N–H and O–H groups in total. The Morgan fingerprint density at radius 2 is 1.72 bits per heavy atom. The molecule has 0 saturated carbocycles. The van der Waals surface area contributed by atoms with Crippen molar-refractivity contribution in [2.24, 2.45) is 0 Å². The van der Waals surface area contributed by atoms with Crippen LogP contribution in [-0.2, 0) is 30.4 Å². The first-order chi connectivity index (χ1) is 11.6. The van der Waals surface area contributed by atoms with Gasteiger partial charge in [0, 0.05) is 6.92 Å². The van der Waals surface area contributed by atoms with Crippen molar-refractivity contribution in [3.05, 3.63) is 35.9 Å². The average molecular weight is 351 g/mol. The van der Waals surface area contributed by atoms with Crippen LogP contribution >= 0.6 is 0 Å².